The second kappa shape index (κ2) is 11.6. The molecule has 0 atom stereocenters. The van der Waals surface area contributed by atoms with E-state index in [4.69, 9.17) is 4.74 Å². The van der Waals surface area contributed by atoms with Crippen molar-refractivity contribution in [1.82, 2.24) is 9.88 Å². The summed E-state index contributed by atoms with van der Waals surface area (Å²) in [4.78, 5) is 25.1. The van der Waals surface area contributed by atoms with Gasteiger partial charge in [0.15, 0.2) is 0 Å². The second-order valence-corrected chi connectivity index (χ2v) is 9.42. The van der Waals surface area contributed by atoms with Gasteiger partial charge < -0.3 is 19.9 Å². The highest BCUT2D eigenvalue weighted by Crippen LogP contribution is 2.32. The summed E-state index contributed by atoms with van der Waals surface area (Å²) < 4.78 is 45.8. The lowest BCUT2D eigenvalue weighted by Crippen LogP contribution is -2.23. The highest BCUT2D eigenvalue weighted by atomic mass is 19.4. The van der Waals surface area contributed by atoms with E-state index in [1.165, 1.54) is 19.2 Å². The molecule has 208 valence electrons. The van der Waals surface area contributed by atoms with Gasteiger partial charge in [0.25, 0.3) is 5.91 Å². The number of aromatic nitrogens is 1. The van der Waals surface area contributed by atoms with E-state index in [1.54, 1.807) is 30.3 Å². The van der Waals surface area contributed by atoms with Crippen molar-refractivity contribution in [3.05, 3.63) is 131 Å². The van der Waals surface area contributed by atoms with Gasteiger partial charge in [0.1, 0.15) is 0 Å². The fourth-order valence-corrected chi connectivity index (χ4v) is 4.58. The second-order valence-electron chi connectivity index (χ2n) is 9.42. The van der Waals surface area contributed by atoms with Crippen LogP contribution in [0.1, 0.15) is 37.4 Å². The SMILES string of the molecule is COC(=O)c1ccc(CNC(=O)c2ccc(Nc3ccccc3)c3ccn(Cc4ccc(C(F)(F)F)cc4)c23)cc1. The van der Waals surface area contributed by atoms with E-state index in [1.807, 2.05) is 53.2 Å². The van der Waals surface area contributed by atoms with Crippen LogP contribution < -0.4 is 10.6 Å². The average molecular weight is 558 g/mol. The predicted octanol–water partition coefficient (Wildman–Crippen LogP) is 7.17. The summed E-state index contributed by atoms with van der Waals surface area (Å²) in [6.45, 7) is 0.497. The van der Waals surface area contributed by atoms with Crippen LogP contribution in [0, 0.1) is 0 Å². The van der Waals surface area contributed by atoms with Gasteiger partial charge in [0, 0.05) is 36.0 Å². The average Bonchev–Trinajstić information content (AvgIpc) is 3.40. The Kier molecular flexibility index (Phi) is 7.78. The Morgan fingerprint density at radius 3 is 2.17 bits per heavy atom. The normalized spacial score (nSPS) is 11.3. The lowest BCUT2D eigenvalue weighted by molar-refractivity contribution is -0.137. The summed E-state index contributed by atoms with van der Waals surface area (Å²) in [6.07, 6.45) is -2.59. The number of para-hydroxylation sites is 1. The first kappa shape index (κ1) is 27.5. The smallest absolute Gasteiger partial charge is 0.416 e. The largest absolute Gasteiger partial charge is 0.465 e. The summed E-state index contributed by atoms with van der Waals surface area (Å²) in [5.41, 5.74) is 3.87. The number of amides is 1. The van der Waals surface area contributed by atoms with Gasteiger partial charge in [0.05, 0.1) is 29.3 Å². The number of ether oxygens (including phenoxy) is 1. The molecule has 0 aliphatic rings. The molecule has 1 heterocycles. The van der Waals surface area contributed by atoms with E-state index in [0.29, 0.717) is 22.2 Å². The van der Waals surface area contributed by atoms with Crippen molar-refractivity contribution in [3.8, 4) is 0 Å². The van der Waals surface area contributed by atoms with Crippen molar-refractivity contribution in [3.63, 3.8) is 0 Å². The molecule has 1 aromatic heterocycles. The molecule has 0 bridgehead atoms. The van der Waals surface area contributed by atoms with Crippen LogP contribution in [-0.4, -0.2) is 23.6 Å². The molecule has 5 rings (SSSR count). The third-order valence-electron chi connectivity index (χ3n) is 6.69. The molecule has 0 saturated carbocycles. The van der Waals surface area contributed by atoms with E-state index in [0.717, 1.165) is 34.5 Å². The van der Waals surface area contributed by atoms with Crippen molar-refractivity contribution >= 4 is 34.2 Å². The van der Waals surface area contributed by atoms with Gasteiger partial charge >= 0.3 is 12.1 Å². The van der Waals surface area contributed by atoms with Crippen LogP contribution in [0.5, 0.6) is 0 Å². The first-order valence-electron chi connectivity index (χ1n) is 12.8. The molecule has 0 aliphatic carbocycles. The molecule has 0 saturated heterocycles. The summed E-state index contributed by atoms with van der Waals surface area (Å²) in [7, 11) is 1.31. The number of nitrogens with one attached hydrogen (secondary N) is 2. The number of methoxy groups -OCH3 is 1. The topological polar surface area (TPSA) is 72.4 Å². The van der Waals surface area contributed by atoms with Crippen LogP contribution in [0.2, 0.25) is 0 Å². The van der Waals surface area contributed by atoms with E-state index in [2.05, 4.69) is 10.6 Å². The van der Waals surface area contributed by atoms with Gasteiger partial charge in [-0.3, -0.25) is 4.79 Å². The van der Waals surface area contributed by atoms with Crippen molar-refractivity contribution in [2.75, 3.05) is 12.4 Å². The molecule has 6 nitrogen and oxygen atoms in total. The zero-order chi connectivity index (χ0) is 29.0. The standard InChI is InChI=1S/C32H26F3N3O3/c1-41-31(40)23-11-7-21(8-12-23)19-36-30(39)27-15-16-28(37-25-5-3-2-4-6-25)26-17-18-38(29(26)27)20-22-9-13-24(14-10-22)32(33,34)35/h2-18,37H,19-20H2,1H3,(H,36,39). The maximum absolute atomic E-state index is 13.4. The van der Waals surface area contributed by atoms with Gasteiger partial charge in [-0.05, 0) is 65.7 Å². The van der Waals surface area contributed by atoms with Crippen molar-refractivity contribution < 1.29 is 27.5 Å². The van der Waals surface area contributed by atoms with Gasteiger partial charge in [0.2, 0.25) is 0 Å². The van der Waals surface area contributed by atoms with E-state index in [9.17, 15) is 22.8 Å². The third kappa shape index (κ3) is 6.24. The molecule has 1 amide bonds. The molecule has 2 N–H and O–H groups in total. The minimum absolute atomic E-state index is 0.228. The highest BCUT2D eigenvalue weighted by molar-refractivity contribution is 6.09. The Labute approximate surface area is 234 Å². The van der Waals surface area contributed by atoms with Crippen LogP contribution >= 0.6 is 0 Å². The number of anilines is 2. The summed E-state index contributed by atoms with van der Waals surface area (Å²) in [5.74, 6) is -0.758. The number of nitrogens with zero attached hydrogens (tertiary/aromatic N) is 1. The molecule has 0 fully saturated rings. The number of rotatable bonds is 8. The molecule has 9 heteroatoms. The minimum atomic E-state index is -4.42. The van der Waals surface area contributed by atoms with Crippen molar-refractivity contribution in [2.24, 2.45) is 0 Å². The number of hydrogen-bond acceptors (Lipinski definition) is 4. The summed E-state index contributed by atoms with van der Waals surface area (Å²) >= 11 is 0. The van der Waals surface area contributed by atoms with Crippen molar-refractivity contribution in [1.29, 1.82) is 0 Å². The fourth-order valence-electron chi connectivity index (χ4n) is 4.58. The fraction of sp³-hybridized carbons (Fsp3) is 0.125. The van der Waals surface area contributed by atoms with E-state index in [-0.39, 0.29) is 19.0 Å². The molecule has 5 aromatic rings. The zero-order valence-electron chi connectivity index (χ0n) is 22.0. The lowest BCUT2D eigenvalue weighted by Gasteiger charge is -2.15. The minimum Gasteiger partial charge on any atom is -0.465 e. The number of carbonyl (C=O) groups excluding carboxylic acids is 2. The number of hydrogen-bond donors (Lipinski definition) is 2. The van der Waals surface area contributed by atoms with Gasteiger partial charge in [-0.2, -0.15) is 13.2 Å². The number of halogens is 3. The molecule has 41 heavy (non-hydrogen) atoms. The number of fused-ring (bicyclic) bond motifs is 1. The Hall–Kier alpha value is -5.05. The molecule has 0 aliphatic heterocycles. The van der Waals surface area contributed by atoms with E-state index >= 15 is 0 Å². The monoisotopic (exact) mass is 557 g/mol. The Morgan fingerprint density at radius 2 is 1.51 bits per heavy atom. The Balaban J connectivity index is 1.45. The van der Waals surface area contributed by atoms with Crippen LogP contribution in [0.3, 0.4) is 0 Å². The van der Waals surface area contributed by atoms with Crippen LogP contribution in [0.25, 0.3) is 10.9 Å². The first-order chi connectivity index (χ1) is 19.7. The molecule has 4 aromatic carbocycles. The number of carbonyl (C=O) groups is 2. The summed E-state index contributed by atoms with van der Waals surface area (Å²) in [6, 6.07) is 26.8. The highest BCUT2D eigenvalue weighted by Gasteiger charge is 2.30. The first-order valence-corrected chi connectivity index (χ1v) is 12.8. The van der Waals surface area contributed by atoms with Crippen LogP contribution in [-0.2, 0) is 24.0 Å². The summed E-state index contributed by atoms with van der Waals surface area (Å²) in [5, 5.41) is 7.10. The molecule has 0 radical (unpaired) electrons. The number of esters is 1. The molecule has 0 unspecified atom stereocenters. The number of benzene rings is 4. The molecular weight excluding hydrogens is 531 g/mol. The van der Waals surface area contributed by atoms with Crippen LogP contribution in [0.4, 0.5) is 24.5 Å². The van der Waals surface area contributed by atoms with Gasteiger partial charge in [-0.15, -0.1) is 0 Å². The van der Waals surface area contributed by atoms with E-state index < -0.39 is 17.7 Å². The quantitative estimate of drug-likeness (QED) is 0.199. The molecule has 0 spiro atoms. The maximum Gasteiger partial charge on any atom is 0.416 e. The molecular formula is C32H26F3N3O3. The third-order valence-corrected chi connectivity index (χ3v) is 6.69. The Bertz CT molecular complexity index is 1680. The number of alkyl halides is 3. The van der Waals surface area contributed by atoms with Gasteiger partial charge in [-0.25, -0.2) is 4.79 Å². The van der Waals surface area contributed by atoms with Crippen molar-refractivity contribution in [2.45, 2.75) is 19.3 Å². The Morgan fingerprint density at radius 1 is 0.829 bits per heavy atom. The maximum atomic E-state index is 13.4. The van der Waals surface area contributed by atoms with Crippen LogP contribution in [0.15, 0.2) is 103 Å². The lowest BCUT2D eigenvalue weighted by atomic mass is 10.1. The van der Waals surface area contributed by atoms with Gasteiger partial charge in [-0.1, -0.05) is 42.5 Å². The predicted molar refractivity (Wildman–Crippen MR) is 151 cm³/mol. The zero-order valence-corrected chi connectivity index (χ0v) is 22.0.